The molecule has 0 aromatic carbocycles. The normalized spacial score (nSPS) is 30.7. The van der Waals surface area contributed by atoms with Crippen LogP contribution in [0.3, 0.4) is 0 Å². The lowest BCUT2D eigenvalue weighted by molar-refractivity contribution is -0.136. The Labute approximate surface area is 124 Å². The molecule has 6 heteroatoms. The van der Waals surface area contributed by atoms with Crippen molar-refractivity contribution in [1.29, 1.82) is 0 Å². The summed E-state index contributed by atoms with van der Waals surface area (Å²) in [6, 6.07) is 0.358. The standard InChI is InChI=1S/C14H22N4OS/c1-10-9-20-4-3-18(10)14(19)13-7-15-6-12(13)11-5-16-17(2)8-11/h5,8,10,12-13,15H,3-4,6-7,9H2,1-2H3/t10?,12-,13+/m1/s1. The number of hydrogen-bond acceptors (Lipinski definition) is 4. The number of hydrogen-bond donors (Lipinski definition) is 1. The van der Waals surface area contributed by atoms with Gasteiger partial charge in [-0.2, -0.15) is 16.9 Å². The van der Waals surface area contributed by atoms with Crippen LogP contribution in [0, 0.1) is 5.92 Å². The van der Waals surface area contributed by atoms with Crippen molar-refractivity contribution in [3.05, 3.63) is 18.0 Å². The smallest absolute Gasteiger partial charge is 0.227 e. The van der Waals surface area contributed by atoms with Gasteiger partial charge in [0.25, 0.3) is 0 Å². The molecule has 0 spiro atoms. The van der Waals surface area contributed by atoms with Gasteiger partial charge in [0.15, 0.2) is 0 Å². The van der Waals surface area contributed by atoms with Crippen molar-refractivity contribution < 1.29 is 4.79 Å². The lowest BCUT2D eigenvalue weighted by Crippen LogP contribution is -2.48. The number of amides is 1. The van der Waals surface area contributed by atoms with Gasteiger partial charge in [-0.1, -0.05) is 0 Å². The van der Waals surface area contributed by atoms with Crippen molar-refractivity contribution in [3.63, 3.8) is 0 Å². The molecule has 2 saturated heterocycles. The van der Waals surface area contributed by atoms with Crippen molar-refractivity contribution in [3.8, 4) is 0 Å². The Bertz CT molecular complexity index is 489. The van der Waals surface area contributed by atoms with Crippen LogP contribution >= 0.6 is 11.8 Å². The van der Waals surface area contributed by atoms with E-state index in [1.807, 2.05) is 35.9 Å². The molecule has 1 N–H and O–H groups in total. The molecule has 0 aliphatic carbocycles. The van der Waals surface area contributed by atoms with Gasteiger partial charge >= 0.3 is 0 Å². The highest BCUT2D eigenvalue weighted by atomic mass is 32.2. The fourth-order valence-electron chi connectivity index (χ4n) is 3.19. The number of aromatic nitrogens is 2. The van der Waals surface area contributed by atoms with E-state index in [4.69, 9.17) is 0 Å². The van der Waals surface area contributed by atoms with Gasteiger partial charge in [-0.05, 0) is 12.5 Å². The molecule has 110 valence electrons. The molecule has 0 saturated carbocycles. The highest BCUT2D eigenvalue weighted by Gasteiger charge is 2.38. The average Bonchev–Trinajstić information content (AvgIpc) is 3.06. The zero-order valence-electron chi connectivity index (χ0n) is 12.1. The molecular weight excluding hydrogens is 272 g/mol. The Morgan fingerprint density at radius 1 is 1.50 bits per heavy atom. The van der Waals surface area contributed by atoms with E-state index in [2.05, 4.69) is 22.2 Å². The van der Waals surface area contributed by atoms with Gasteiger partial charge in [0, 0.05) is 56.3 Å². The summed E-state index contributed by atoms with van der Waals surface area (Å²) in [6.07, 6.45) is 3.93. The van der Waals surface area contributed by atoms with Crippen molar-refractivity contribution in [2.75, 3.05) is 31.1 Å². The largest absolute Gasteiger partial charge is 0.338 e. The maximum Gasteiger partial charge on any atom is 0.227 e. The Morgan fingerprint density at radius 3 is 3.05 bits per heavy atom. The zero-order chi connectivity index (χ0) is 14.1. The van der Waals surface area contributed by atoms with Crippen molar-refractivity contribution in [2.45, 2.75) is 18.9 Å². The summed E-state index contributed by atoms with van der Waals surface area (Å²) in [4.78, 5) is 14.9. The summed E-state index contributed by atoms with van der Waals surface area (Å²) >= 11 is 1.94. The molecule has 2 fully saturated rings. The molecule has 3 heterocycles. The Balaban J connectivity index is 1.76. The molecular formula is C14H22N4OS. The van der Waals surface area contributed by atoms with E-state index in [1.165, 1.54) is 5.56 Å². The van der Waals surface area contributed by atoms with Crippen LogP contribution in [0.25, 0.3) is 0 Å². The Hall–Kier alpha value is -1.01. The van der Waals surface area contributed by atoms with E-state index in [0.29, 0.717) is 11.9 Å². The topological polar surface area (TPSA) is 50.2 Å². The van der Waals surface area contributed by atoms with E-state index in [1.54, 1.807) is 0 Å². The lowest BCUT2D eigenvalue weighted by Gasteiger charge is -2.35. The van der Waals surface area contributed by atoms with Crippen LogP contribution in [-0.2, 0) is 11.8 Å². The molecule has 3 atom stereocenters. The molecule has 1 unspecified atom stereocenters. The number of carbonyl (C=O) groups excluding carboxylic acids is 1. The van der Waals surface area contributed by atoms with Crippen molar-refractivity contribution in [1.82, 2.24) is 20.0 Å². The molecule has 1 aromatic rings. The molecule has 1 aromatic heterocycles. The first-order valence-electron chi connectivity index (χ1n) is 7.24. The summed E-state index contributed by atoms with van der Waals surface area (Å²) < 4.78 is 1.81. The molecule has 2 aliphatic heterocycles. The predicted octanol–water partition coefficient (Wildman–Crippen LogP) is 0.687. The minimum Gasteiger partial charge on any atom is -0.338 e. The highest BCUT2D eigenvalue weighted by Crippen LogP contribution is 2.30. The zero-order valence-corrected chi connectivity index (χ0v) is 12.9. The first-order valence-corrected chi connectivity index (χ1v) is 8.40. The summed E-state index contributed by atoms with van der Waals surface area (Å²) in [5, 5.41) is 7.62. The van der Waals surface area contributed by atoms with Crippen LogP contribution in [0.4, 0.5) is 0 Å². The average molecular weight is 294 g/mol. The molecule has 0 radical (unpaired) electrons. The fraction of sp³-hybridized carbons (Fsp3) is 0.714. The van der Waals surface area contributed by atoms with Gasteiger partial charge in [-0.15, -0.1) is 0 Å². The van der Waals surface area contributed by atoms with Gasteiger partial charge in [0.2, 0.25) is 5.91 Å². The van der Waals surface area contributed by atoms with Crippen LogP contribution < -0.4 is 5.32 Å². The number of nitrogens with one attached hydrogen (secondary N) is 1. The number of carbonyl (C=O) groups is 1. The first-order chi connectivity index (χ1) is 9.66. The minimum atomic E-state index is 0.0600. The molecule has 5 nitrogen and oxygen atoms in total. The molecule has 0 bridgehead atoms. The summed E-state index contributed by atoms with van der Waals surface area (Å²) in [5.74, 6) is 2.76. The lowest BCUT2D eigenvalue weighted by atomic mass is 9.89. The van der Waals surface area contributed by atoms with Crippen LogP contribution in [0.15, 0.2) is 12.4 Å². The molecule has 2 aliphatic rings. The van der Waals surface area contributed by atoms with Crippen LogP contribution in [0.5, 0.6) is 0 Å². The van der Waals surface area contributed by atoms with Crippen LogP contribution in [0.2, 0.25) is 0 Å². The van der Waals surface area contributed by atoms with Crippen molar-refractivity contribution >= 4 is 17.7 Å². The summed E-state index contributed by atoms with van der Waals surface area (Å²) in [7, 11) is 1.92. The quantitative estimate of drug-likeness (QED) is 0.872. The van der Waals surface area contributed by atoms with Crippen LogP contribution in [0.1, 0.15) is 18.4 Å². The molecule has 20 heavy (non-hydrogen) atoms. The highest BCUT2D eigenvalue weighted by molar-refractivity contribution is 7.99. The SMILES string of the molecule is CC1CSCCN1C(=O)[C@H]1CNC[C@@H]1c1cnn(C)c1. The van der Waals surface area contributed by atoms with E-state index < -0.39 is 0 Å². The number of thioether (sulfide) groups is 1. The Morgan fingerprint density at radius 2 is 2.35 bits per heavy atom. The van der Waals surface area contributed by atoms with E-state index in [-0.39, 0.29) is 11.8 Å². The molecule has 1 amide bonds. The Kier molecular flexibility index (Phi) is 4.03. The first kappa shape index (κ1) is 13.9. The summed E-state index contributed by atoms with van der Waals surface area (Å²) in [5.41, 5.74) is 1.18. The van der Waals surface area contributed by atoms with Gasteiger partial charge in [0.1, 0.15) is 0 Å². The second-order valence-electron chi connectivity index (χ2n) is 5.77. The van der Waals surface area contributed by atoms with Gasteiger partial charge in [-0.3, -0.25) is 9.48 Å². The monoisotopic (exact) mass is 294 g/mol. The maximum atomic E-state index is 12.9. The van der Waals surface area contributed by atoms with Crippen molar-refractivity contribution in [2.24, 2.45) is 13.0 Å². The number of rotatable bonds is 2. The molecule has 3 rings (SSSR count). The summed E-state index contributed by atoms with van der Waals surface area (Å²) in [6.45, 7) is 4.71. The van der Waals surface area contributed by atoms with E-state index in [0.717, 1.165) is 31.1 Å². The van der Waals surface area contributed by atoms with Gasteiger partial charge in [0.05, 0.1) is 12.1 Å². The minimum absolute atomic E-state index is 0.0600. The third-order valence-corrected chi connectivity index (χ3v) is 5.52. The van der Waals surface area contributed by atoms with Gasteiger partial charge < -0.3 is 10.2 Å². The predicted molar refractivity (Wildman–Crippen MR) is 80.8 cm³/mol. The van der Waals surface area contributed by atoms with E-state index in [9.17, 15) is 4.79 Å². The number of nitrogens with zero attached hydrogens (tertiary/aromatic N) is 3. The van der Waals surface area contributed by atoms with Crippen LogP contribution in [-0.4, -0.2) is 57.8 Å². The van der Waals surface area contributed by atoms with E-state index >= 15 is 0 Å². The fourth-order valence-corrected chi connectivity index (χ4v) is 4.20. The second-order valence-corrected chi connectivity index (χ2v) is 6.92. The maximum absolute atomic E-state index is 12.9. The second kappa shape index (κ2) is 5.77. The third-order valence-electron chi connectivity index (χ3n) is 4.34. The van der Waals surface area contributed by atoms with Gasteiger partial charge in [-0.25, -0.2) is 0 Å². The number of aryl methyl sites for hydroxylation is 1. The third kappa shape index (κ3) is 2.59.